The van der Waals surface area contributed by atoms with Crippen LogP contribution in [0.2, 0.25) is 0 Å². The van der Waals surface area contributed by atoms with Gasteiger partial charge in [0.15, 0.2) is 0 Å². The molecule has 1 aromatic rings. The molecule has 2 atom stereocenters. The fourth-order valence-corrected chi connectivity index (χ4v) is 4.10. The number of aliphatic carboxylic acids is 1. The van der Waals surface area contributed by atoms with Crippen LogP contribution < -0.4 is 16.0 Å². The van der Waals surface area contributed by atoms with Gasteiger partial charge in [0, 0.05) is 10.6 Å². The predicted molar refractivity (Wildman–Crippen MR) is 107 cm³/mol. The number of para-hydroxylation sites is 1. The van der Waals surface area contributed by atoms with Crippen molar-refractivity contribution in [3.05, 3.63) is 24.3 Å². The molecule has 1 aromatic carbocycles. The van der Waals surface area contributed by atoms with Crippen molar-refractivity contribution in [3.8, 4) is 0 Å². The Hall–Kier alpha value is -2.10. The van der Waals surface area contributed by atoms with Crippen molar-refractivity contribution in [1.29, 1.82) is 0 Å². The van der Waals surface area contributed by atoms with E-state index in [0.717, 1.165) is 17.7 Å². The van der Waals surface area contributed by atoms with E-state index < -0.39 is 30.6 Å². The van der Waals surface area contributed by atoms with Crippen LogP contribution in [0.15, 0.2) is 29.2 Å². The summed E-state index contributed by atoms with van der Waals surface area (Å²) in [5, 5.41) is 12.4. The molecule has 1 heterocycles. The number of carboxylic acid groups (broad SMARTS) is 1. The molecule has 0 radical (unpaired) electrons. The number of carbonyl (C=O) groups excluding carboxylic acids is 2. The molecular formula is C19H27N3O5S. The van der Waals surface area contributed by atoms with Gasteiger partial charge in [0.1, 0.15) is 12.6 Å². The Labute approximate surface area is 168 Å². The SMILES string of the molecule is CCOC(=O)[C@H](CCCCN)NC1CSc2ccccc2N(CC(=O)O)C1=O. The Balaban J connectivity index is 2.22. The summed E-state index contributed by atoms with van der Waals surface area (Å²) in [6, 6.07) is 5.85. The third-order valence-electron chi connectivity index (χ3n) is 4.34. The summed E-state index contributed by atoms with van der Waals surface area (Å²) in [6.45, 7) is 2.06. The second kappa shape index (κ2) is 11.0. The normalized spacial score (nSPS) is 17.6. The topological polar surface area (TPSA) is 122 Å². The number of carboxylic acids is 1. The molecule has 0 fully saturated rings. The number of ether oxygens (including phenoxy) is 1. The molecule has 0 aliphatic carbocycles. The summed E-state index contributed by atoms with van der Waals surface area (Å²) in [7, 11) is 0. The number of hydrogen-bond acceptors (Lipinski definition) is 7. The number of thioether (sulfide) groups is 1. The molecule has 0 bridgehead atoms. The average Bonchev–Trinajstić information content (AvgIpc) is 2.79. The van der Waals surface area contributed by atoms with Crippen molar-refractivity contribution in [2.24, 2.45) is 5.73 Å². The summed E-state index contributed by atoms with van der Waals surface area (Å²) in [6.07, 6.45) is 1.98. The number of fused-ring (bicyclic) bond motifs is 1. The van der Waals surface area contributed by atoms with Crippen molar-refractivity contribution in [1.82, 2.24) is 5.32 Å². The van der Waals surface area contributed by atoms with Crippen molar-refractivity contribution in [2.45, 2.75) is 43.2 Å². The lowest BCUT2D eigenvalue weighted by Gasteiger charge is -2.27. The Morgan fingerprint density at radius 2 is 2.14 bits per heavy atom. The number of nitrogens with zero attached hydrogens (tertiary/aromatic N) is 1. The molecule has 9 heteroatoms. The highest BCUT2D eigenvalue weighted by Crippen LogP contribution is 2.34. The van der Waals surface area contributed by atoms with Crippen LogP contribution in [-0.4, -0.2) is 60.5 Å². The highest BCUT2D eigenvalue weighted by molar-refractivity contribution is 7.99. The molecule has 1 amide bonds. The van der Waals surface area contributed by atoms with E-state index in [1.807, 2.05) is 12.1 Å². The number of hydrogen-bond donors (Lipinski definition) is 3. The highest BCUT2D eigenvalue weighted by atomic mass is 32.2. The number of anilines is 1. The maximum atomic E-state index is 13.1. The smallest absolute Gasteiger partial charge is 0.323 e. The first-order valence-electron chi connectivity index (χ1n) is 9.35. The quantitative estimate of drug-likeness (QED) is 0.390. The lowest BCUT2D eigenvalue weighted by molar-refractivity contribution is -0.146. The standard InChI is InChI=1S/C19H27N3O5S/c1-2-27-19(26)13(7-5-6-10-20)21-14-12-28-16-9-4-3-8-15(16)22(18(14)25)11-17(23)24/h3-4,8-9,13-14,21H,2,5-7,10-12,20H2,1H3,(H,23,24)/t13-,14?/m0/s1. The second-order valence-electron chi connectivity index (χ2n) is 6.41. The fourth-order valence-electron chi connectivity index (χ4n) is 3.02. The van der Waals surface area contributed by atoms with Gasteiger partial charge >= 0.3 is 11.9 Å². The average molecular weight is 410 g/mol. The Morgan fingerprint density at radius 1 is 1.39 bits per heavy atom. The van der Waals surface area contributed by atoms with Crippen LogP contribution in [0.3, 0.4) is 0 Å². The molecule has 8 nitrogen and oxygen atoms in total. The molecule has 1 unspecified atom stereocenters. The van der Waals surface area contributed by atoms with Gasteiger partial charge in [-0.15, -0.1) is 11.8 Å². The number of esters is 1. The van der Waals surface area contributed by atoms with E-state index in [-0.39, 0.29) is 12.5 Å². The molecule has 28 heavy (non-hydrogen) atoms. The van der Waals surface area contributed by atoms with Crippen molar-refractivity contribution >= 4 is 35.3 Å². The fraction of sp³-hybridized carbons (Fsp3) is 0.526. The third kappa shape index (κ3) is 5.95. The van der Waals surface area contributed by atoms with Gasteiger partial charge in [0.2, 0.25) is 5.91 Å². The molecule has 0 aromatic heterocycles. The van der Waals surface area contributed by atoms with Gasteiger partial charge < -0.3 is 15.6 Å². The third-order valence-corrected chi connectivity index (χ3v) is 5.50. The number of unbranched alkanes of at least 4 members (excludes halogenated alkanes) is 1. The molecule has 154 valence electrons. The number of nitrogens with one attached hydrogen (secondary N) is 1. The predicted octanol–water partition coefficient (Wildman–Crippen LogP) is 1.23. The van der Waals surface area contributed by atoms with Crippen LogP contribution in [0.4, 0.5) is 5.69 Å². The Kier molecular flexibility index (Phi) is 8.75. The lowest BCUT2D eigenvalue weighted by atomic mass is 10.1. The minimum Gasteiger partial charge on any atom is -0.480 e. The Bertz CT molecular complexity index is 700. The van der Waals surface area contributed by atoms with Gasteiger partial charge in [-0.1, -0.05) is 18.6 Å². The van der Waals surface area contributed by atoms with E-state index in [2.05, 4.69) is 5.32 Å². The van der Waals surface area contributed by atoms with E-state index in [0.29, 0.717) is 24.4 Å². The molecule has 0 saturated carbocycles. The van der Waals surface area contributed by atoms with Gasteiger partial charge in [-0.25, -0.2) is 0 Å². The number of nitrogens with two attached hydrogens (primary N) is 1. The number of rotatable bonds is 10. The molecular weight excluding hydrogens is 382 g/mol. The van der Waals surface area contributed by atoms with Crippen LogP contribution in [0.5, 0.6) is 0 Å². The molecule has 4 N–H and O–H groups in total. The highest BCUT2D eigenvalue weighted by Gasteiger charge is 2.34. The zero-order chi connectivity index (χ0) is 20.5. The summed E-state index contributed by atoms with van der Waals surface area (Å²) in [5.74, 6) is -1.49. The summed E-state index contributed by atoms with van der Waals surface area (Å²) >= 11 is 1.46. The van der Waals surface area contributed by atoms with Crippen molar-refractivity contribution in [3.63, 3.8) is 0 Å². The van der Waals surface area contributed by atoms with E-state index in [9.17, 15) is 19.5 Å². The van der Waals surface area contributed by atoms with Gasteiger partial charge in [-0.3, -0.25) is 24.6 Å². The van der Waals surface area contributed by atoms with E-state index in [4.69, 9.17) is 10.5 Å². The minimum atomic E-state index is -1.10. The zero-order valence-corrected chi connectivity index (χ0v) is 16.7. The van der Waals surface area contributed by atoms with Gasteiger partial charge in [0.25, 0.3) is 0 Å². The van der Waals surface area contributed by atoms with Crippen LogP contribution in [0.25, 0.3) is 0 Å². The van der Waals surface area contributed by atoms with Crippen LogP contribution in [-0.2, 0) is 19.1 Å². The second-order valence-corrected chi connectivity index (χ2v) is 7.47. The molecule has 2 rings (SSSR count). The molecule has 0 spiro atoms. The van der Waals surface area contributed by atoms with Crippen LogP contribution >= 0.6 is 11.8 Å². The first-order chi connectivity index (χ1) is 13.5. The maximum absolute atomic E-state index is 13.1. The first-order valence-corrected chi connectivity index (χ1v) is 10.3. The maximum Gasteiger partial charge on any atom is 0.323 e. The first kappa shape index (κ1) is 22.2. The zero-order valence-electron chi connectivity index (χ0n) is 15.9. The van der Waals surface area contributed by atoms with Crippen LogP contribution in [0.1, 0.15) is 26.2 Å². The van der Waals surface area contributed by atoms with E-state index in [1.165, 1.54) is 16.7 Å². The number of carbonyl (C=O) groups is 3. The Morgan fingerprint density at radius 3 is 2.82 bits per heavy atom. The number of benzene rings is 1. The van der Waals surface area contributed by atoms with E-state index >= 15 is 0 Å². The van der Waals surface area contributed by atoms with Crippen LogP contribution in [0, 0.1) is 0 Å². The minimum absolute atomic E-state index is 0.248. The molecule has 1 aliphatic rings. The van der Waals surface area contributed by atoms with Gasteiger partial charge in [0.05, 0.1) is 18.3 Å². The van der Waals surface area contributed by atoms with Gasteiger partial charge in [-0.2, -0.15) is 0 Å². The summed E-state index contributed by atoms with van der Waals surface area (Å²) in [5.41, 5.74) is 6.10. The van der Waals surface area contributed by atoms with Gasteiger partial charge in [-0.05, 0) is 38.4 Å². The lowest BCUT2D eigenvalue weighted by Crippen LogP contribution is -2.54. The van der Waals surface area contributed by atoms with E-state index in [1.54, 1.807) is 19.1 Å². The van der Waals surface area contributed by atoms with Crippen molar-refractivity contribution in [2.75, 3.05) is 30.3 Å². The summed E-state index contributed by atoms with van der Waals surface area (Å²) < 4.78 is 5.14. The number of amides is 1. The van der Waals surface area contributed by atoms with Crippen molar-refractivity contribution < 1.29 is 24.2 Å². The largest absolute Gasteiger partial charge is 0.480 e. The molecule has 1 aliphatic heterocycles. The summed E-state index contributed by atoms with van der Waals surface area (Å²) in [4.78, 5) is 38.9. The monoisotopic (exact) mass is 409 g/mol. The molecule has 0 saturated heterocycles.